The number of carbonyl (C=O) groups excluding carboxylic acids is 1. The predicted octanol–water partition coefficient (Wildman–Crippen LogP) is 1.51. The van der Waals surface area contributed by atoms with Gasteiger partial charge in [-0.1, -0.05) is 17.3 Å². The fraction of sp³-hybridized carbons (Fsp3) is 0.267. The van der Waals surface area contributed by atoms with Gasteiger partial charge in [-0.25, -0.2) is 0 Å². The van der Waals surface area contributed by atoms with Gasteiger partial charge in [0.05, 0.1) is 0 Å². The van der Waals surface area contributed by atoms with E-state index in [2.05, 4.69) is 20.4 Å². The molecule has 2 heterocycles. The van der Waals surface area contributed by atoms with Gasteiger partial charge >= 0.3 is 11.8 Å². The number of fused-ring (bicyclic) bond motifs is 1. The minimum atomic E-state index is -0.360. The molecule has 0 fully saturated rings. The van der Waals surface area contributed by atoms with E-state index in [0.717, 1.165) is 23.0 Å². The molecule has 0 unspecified atom stereocenters. The lowest BCUT2D eigenvalue weighted by molar-refractivity contribution is 0.0907. The van der Waals surface area contributed by atoms with Gasteiger partial charge in [0.1, 0.15) is 0 Å². The van der Waals surface area contributed by atoms with E-state index in [9.17, 15) is 4.79 Å². The van der Waals surface area contributed by atoms with Crippen LogP contribution in [-0.4, -0.2) is 53.1 Å². The van der Waals surface area contributed by atoms with Gasteiger partial charge in [-0.2, -0.15) is 4.98 Å². The first-order valence-electron chi connectivity index (χ1n) is 6.97. The van der Waals surface area contributed by atoms with Crippen molar-refractivity contribution in [2.24, 2.45) is 0 Å². The van der Waals surface area contributed by atoms with Crippen LogP contribution in [0.4, 0.5) is 0 Å². The lowest BCUT2D eigenvalue weighted by Crippen LogP contribution is -2.31. The van der Waals surface area contributed by atoms with Crippen molar-refractivity contribution in [1.82, 2.24) is 25.3 Å². The molecule has 0 aliphatic heterocycles. The Morgan fingerprint density at radius 1 is 1.36 bits per heavy atom. The quantitative estimate of drug-likeness (QED) is 0.745. The fourth-order valence-corrected chi connectivity index (χ4v) is 2.09. The first-order valence-corrected chi connectivity index (χ1v) is 6.97. The highest BCUT2D eigenvalue weighted by atomic mass is 16.5. The van der Waals surface area contributed by atoms with Crippen LogP contribution in [0.3, 0.4) is 0 Å². The Balaban J connectivity index is 1.73. The summed E-state index contributed by atoms with van der Waals surface area (Å²) in [6.45, 7) is 1.27. The van der Waals surface area contributed by atoms with Gasteiger partial charge in [-0.3, -0.25) is 4.79 Å². The largest absolute Gasteiger partial charge is 0.361 e. The molecule has 3 aromatic rings. The number of H-pyrrole nitrogens is 1. The van der Waals surface area contributed by atoms with E-state index in [1.54, 1.807) is 0 Å². The topological polar surface area (TPSA) is 87.0 Å². The Kier molecular flexibility index (Phi) is 3.88. The molecule has 3 rings (SSSR count). The fourth-order valence-electron chi connectivity index (χ4n) is 2.09. The van der Waals surface area contributed by atoms with Crippen molar-refractivity contribution in [2.45, 2.75) is 0 Å². The van der Waals surface area contributed by atoms with Gasteiger partial charge < -0.3 is 19.7 Å². The number of amides is 1. The maximum absolute atomic E-state index is 11.9. The lowest BCUT2D eigenvalue weighted by Gasteiger charge is -2.08. The van der Waals surface area contributed by atoms with E-state index in [0.29, 0.717) is 12.4 Å². The SMILES string of the molecule is CN(C)CCNC(=O)c1nc(-c2ccc3cc[nH]c3c2)no1. The minimum absolute atomic E-state index is 0.0275. The second-order valence-corrected chi connectivity index (χ2v) is 5.26. The van der Waals surface area contributed by atoms with Crippen molar-refractivity contribution in [2.75, 3.05) is 27.2 Å². The number of hydrogen-bond acceptors (Lipinski definition) is 5. The molecule has 0 aliphatic carbocycles. The third kappa shape index (κ3) is 2.99. The number of hydrogen-bond donors (Lipinski definition) is 2. The molecule has 0 aliphatic rings. The van der Waals surface area contributed by atoms with Crippen LogP contribution in [0.25, 0.3) is 22.3 Å². The number of aromatic nitrogens is 3. The zero-order valence-corrected chi connectivity index (χ0v) is 12.5. The van der Waals surface area contributed by atoms with Crippen LogP contribution in [0, 0.1) is 0 Å². The summed E-state index contributed by atoms with van der Waals surface area (Å²) in [4.78, 5) is 21.2. The minimum Gasteiger partial charge on any atom is -0.361 e. The van der Waals surface area contributed by atoms with Crippen LogP contribution in [0.15, 0.2) is 35.0 Å². The van der Waals surface area contributed by atoms with Crippen LogP contribution in [0.5, 0.6) is 0 Å². The van der Waals surface area contributed by atoms with Crippen LogP contribution >= 0.6 is 0 Å². The van der Waals surface area contributed by atoms with Crippen molar-refractivity contribution < 1.29 is 9.32 Å². The molecule has 2 aromatic heterocycles. The van der Waals surface area contributed by atoms with E-state index in [1.807, 2.05) is 49.5 Å². The van der Waals surface area contributed by atoms with E-state index in [4.69, 9.17) is 4.52 Å². The van der Waals surface area contributed by atoms with Crippen molar-refractivity contribution in [3.05, 3.63) is 36.4 Å². The number of nitrogens with one attached hydrogen (secondary N) is 2. The number of rotatable bonds is 5. The normalized spacial score (nSPS) is 11.2. The summed E-state index contributed by atoms with van der Waals surface area (Å²) >= 11 is 0. The smallest absolute Gasteiger partial charge is 0.316 e. The Hall–Kier alpha value is -2.67. The van der Waals surface area contributed by atoms with Crippen molar-refractivity contribution in [3.63, 3.8) is 0 Å². The highest BCUT2D eigenvalue weighted by molar-refractivity contribution is 5.90. The zero-order valence-electron chi connectivity index (χ0n) is 12.5. The molecule has 0 bridgehead atoms. The molecule has 2 N–H and O–H groups in total. The maximum atomic E-state index is 11.9. The Bertz CT molecular complexity index is 790. The molecule has 0 saturated carbocycles. The predicted molar refractivity (Wildman–Crippen MR) is 82.5 cm³/mol. The van der Waals surface area contributed by atoms with Gasteiger partial charge in [0.2, 0.25) is 5.82 Å². The number of likely N-dealkylation sites (N-methyl/N-ethyl adjacent to an activating group) is 1. The maximum Gasteiger partial charge on any atom is 0.316 e. The second kappa shape index (κ2) is 5.98. The lowest BCUT2D eigenvalue weighted by atomic mass is 10.1. The number of benzene rings is 1. The third-order valence-corrected chi connectivity index (χ3v) is 3.28. The average molecular weight is 299 g/mol. The molecular formula is C15H17N5O2. The van der Waals surface area contributed by atoms with Crippen molar-refractivity contribution in [3.8, 4) is 11.4 Å². The molecule has 0 saturated heterocycles. The first-order chi connectivity index (χ1) is 10.6. The van der Waals surface area contributed by atoms with Crippen LogP contribution < -0.4 is 5.32 Å². The summed E-state index contributed by atoms with van der Waals surface area (Å²) in [5, 5.41) is 7.71. The molecule has 22 heavy (non-hydrogen) atoms. The Labute approximate surface area is 127 Å². The average Bonchev–Trinajstić information content (AvgIpc) is 3.15. The first kappa shape index (κ1) is 14.3. The summed E-state index contributed by atoms with van der Waals surface area (Å²) < 4.78 is 5.03. The summed E-state index contributed by atoms with van der Waals surface area (Å²) in [7, 11) is 3.88. The summed E-state index contributed by atoms with van der Waals surface area (Å²) in [6, 6.07) is 7.77. The molecule has 0 spiro atoms. The molecule has 7 nitrogen and oxygen atoms in total. The number of nitrogens with zero attached hydrogens (tertiary/aromatic N) is 3. The molecule has 7 heteroatoms. The van der Waals surface area contributed by atoms with Crippen LogP contribution in [0.1, 0.15) is 10.7 Å². The second-order valence-electron chi connectivity index (χ2n) is 5.26. The van der Waals surface area contributed by atoms with Crippen molar-refractivity contribution in [1.29, 1.82) is 0 Å². The monoisotopic (exact) mass is 299 g/mol. The van der Waals surface area contributed by atoms with E-state index in [-0.39, 0.29) is 11.8 Å². The molecular weight excluding hydrogens is 282 g/mol. The molecule has 0 atom stereocenters. The van der Waals surface area contributed by atoms with E-state index < -0.39 is 0 Å². The molecule has 0 radical (unpaired) electrons. The number of aromatic amines is 1. The highest BCUT2D eigenvalue weighted by Crippen LogP contribution is 2.21. The third-order valence-electron chi connectivity index (χ3n) is 3.28. The van der Waals surface area contributed by atoms with Gasteiger partial charge in [-0.05, 0) is 31.6 Å². The Morgan fingerprint density at radius 3 is 3.05 bits per heavy atom. The Morgan fingerprint density at radius 2 is 2.23 bits per heavy atom. The summed E-state index contributed by atoms with van der Waals surface area (Å²) in [5.74, 6) is 0.0103. The molecule has 114 valence electrons. The summed E-state index contributed by atoms with van der Waals surface area (Å²) in [5.41, 5.74) is 1.78. The number of carbonyl (C=O) groups is 1. The van der Waals surface area contributed by atoms with Gasteiger partial charge in [-0.15, -0.1) is 0 Å². The van der Waals surface area contributed by atoms with Crippen molar-refractivity contribution >= 4 is 16.8 Å². The zero-order chi connectivity index (χ0) is 15.5. The molecule has 1 aromatic carbocycles. The van der Waals surface area contributed by atoms with E-state index >= 15 is 0 Å². The standard InChI is InChI=1S/C15H17N5O2/c1-20(2)8-7-17-14(21)15-18-13(19-22-15)11-4-3-10-5-6-16-12(10)9-11/h3-6,9,16H,7-8H2,1-2H3,(H,17,21). The van der Waals surface area contributed by atoms with Gasteiger partial charge in [0.15, 0.2) is 0 Å². The molecule has 1 amide bonds. The van der Waals surface area contributed by atoms with Gasteiger partial charge in [0.25, 0.3) is 0 Å². The van der Waals surface area contributed by atoms with Crippen LogP contribution in [0.2, 0.25) is 0 Å². The summed E-state index contributed by atoms with van der Waals surface area (Å²) in [6.07, 6.45) is 1.87. The van der Waals surface area contributed by atoms with E-state index in [1.165, 1.54) is 0 Å². The van der Waals surface area contributed by atoms with Crippen LogP contribution in [-0.2, 0) is 0 Å². The highest BCUT2D eigenvalue weighted by Gasteiger charge is 2.16. The van der Waals surface area contributed by atoms with Gasteiger partial charge in [0, 0.05) is 30.4 Å².